The van der Waals surface area contributed by atoms with Crippen LogP contribution in [0.1, 0.15) is 25.0 Å². The third-order valence-corrected chi connectivity index (χ3v) is 16.3. The van der Waals surface area contributed by atoms with E-state index in [9.17, 15) is 63.8 Å². The standard InChI is InChI=1S/C66H92F4N10O24S2/c1-45(61(83)79-65(71)72)39-47-41-53(67)59(54(68)42-47)103-49-3-7-51(8-4-49)105(87,88)77-13-17-93-21-25-97-29-33-101-37-35-99-31-27-95-23-19-91-15-11-75-63(85)57(81)58(82)64(86)76-12-16-92-20-24-96-28-32-100-36-38-102-34-30-98-26-22-94-18-14-78-106(89,90)52-9-5-50(6-10-52)104-60-55(69)43-48(44-56(60)70)40-46(2)62(84)80-66(73)74/h3-10,39-44,57-58,77-78,81-82H,11-38H2,1-2H3,(H,75,85)(H,76,86)(H4,71,72,79,83)(H4,73,74,80,84)/t57-,58-/m1/s1. The first-order chi connectivity index (χ1) is 50.8. The van der Waals surface area contributed by atoms with Crippen LogP contribution in [0.2, 0.25) is 0 Å². The van der Waals surface area contributed by atoms with Gasteiger partial charge >= 0.3 is 0 Å². The predicted molar refractivity (Wildman–Crippen MR) is 373 cm³/mol. The Morgan fingerprint density at radius 1 is 0.396 bits per heavy atom. The number of nitrogens with one attached hydrogen (secondary N) is 4. The van der Waals surface area contributed by atoms with Crippen molar-refractivity contribution >= 4 is 67.7 Å². The first-order valence-corrected chi connectivity index (χ1v) is 35.8. The fourth-order valence-corrected chi connectivity index (χ4v) is 10.2. The number of amides is 4. The third kappa shape index (κ3) is 37.3. The van der Waals surface area contributed by atoms with E-state index >= 15 is 0 Å². The summed E-state index contributed by atoms with van der Waals surface area (Å²) in [6, 6.07) is 13.4. The molecule has 4 aromatic rings. The number of hydrogen-bond acceptors (Lipinski definition) is 24. The van der Waals surface area contributed by atoms with Crippen molar-refractivity contribution in [1.29, 1.82) is 0 Å². The Labute approximate surface area is 610 Å². The van der Waals surface area contributed by atoms with E-state index < -0.39 is 103 Å². The lowest BCUT2D eigenvalue weighted by molar-refractivity contribution is -0.146. The molecule has 0 radical (unpaired) electrons. The number of sulfonamides is 2. The zero-order valence-electron chi connectivity index (χ0n) is 58.4. The summed E-state index contributed by atoms with van der Waals surface area (Å²) < 4.78 is 191. The number of halogens is 4. The van der Waals surface area contributed by atoms with Crippen LogP contribution in [-0.2, 0) is 96.1 Å². The molecule has 0 fully saturated rings. The molecule has 14 N–H and O–H groups in total. The minimum Gasteiger partial charge on any atom is -0.451 e. The molecule has 0 saturated heterocycles. The van der Waals surface area contributed by atoms with Gasteiger partial charge in [0.2, 0.25) is 20.0 Å². The van der Waals surface area contributed by atoms with Crippen LogP contribution in [0.25, 0.3) is 12.2 Å². The van der Waals surface area contributed by atoms with Gasteiger partial charge in [-0.2, -0.15) is 9.98 Å². The smallest absolute Gasteiger partial charge is 0.275 e. The molecule has 0 aliphatic heterocycles. The Morgan fingerprint density at radius 2 is 0.623 bits per heavy atom. The molecule has 4 amide bonds. The molecule has 590 valence electrons. The Bertz CT molecular complexity index is 3410. The molecule has 0 aliphatic carbocycles. The lowest BCUT2D eigenvalue weighted by Gasteiger charge is -2.17. The summed E-state index contributed by atoms with van der Waals surface area (Å²) in [6.07, 6.45) is -1.69. The van der Waals surface area contributed by atoms with Gasteiger partial charge in [0.25, 0.3) is 23.6 Å². The number of nitrogens with two attached hydrogens (primary N) is 4. The SMILES string of the molecule is CC(=Cc1cc(F)c(Oc2ccc(S(=O)(=O)NCCOCCOCCOCCOCCOCCOCCNC(=O)[C@H](O)[C@@H](O)C(=O)NCCOCCOCCOCCOCCOCCOCCNS(=O)(=O)c3ccc(Oc4c(F)cc(C=C(C)C(=O)N=C(N)N)cc4F)cc3)cc2)c(F)c1)C(=O)N=C(N)N. The second-order valence-corrected chi connectivity index (χ2v) is 25.3. The van der Waals surface area contributed by atoms with Crippen LogP contribution in [0.3, 0.4) is 0 Å². The molecule has 0 saturated carbocycles. The van der Waals surface area contributed by atoms with Crippen LogP contribution >= 0.6 is 0 Å². The van der Waals surface area contributed by atoms with Gasteiger partial charge in [-0.1, -0.05) is 0 Å². The van der Waals surface area contributed by atoms with Gasteiger partial charge in [-0.05, 0) is 110 Å². The normalized spacial score (nSPS) is 12.5. The van der Waals surface area contributed by atoms with E-state index in [0.717, 1.165) is 24.3 Å². The van der Waals surface area contributed by atoms with Crippen molar-refractivity contribution in [2.75, 3.05) is 185 Å². The van der Waals surface area contributed by atoms with E-state index in [1.807, 2.05) is 0 Å². The predicted octanol–water partition coefficient (Wildman–Crippen LogP) is 0.644. The molecule has 34 nitrogen and oxygen atoms in total. The maximum atomic E-state index is 14.8. The second kappa shape index (κ2) is 51.1. The highest BCUT2D eigenvalue weighted by Crippen LogP contribution is 2.32. The summed E-state index contributed by atoms with van der Waals surface area (Å²) in [5.41, 5.74) is 20.8. The summed E-state index contributed by atoms with van der Waals surface area (Å²) in [5, 5.41) is 25.0. The summed E-state index contributed by atoms with van der Waals surface area (Å²) in [7, 11) is -7.92. The number of guanidine groups is 2. The fraction of sp³-hybridized carbons (Fsp3) is 0.485. The number of aliphatic imine (C=N–C) groups is 2. The fourth-order valence-electron chi connectivity index (χ4n) is 8.22. The van der Waals surface area contributed by atoms with Gasteiger partial charge in [0.15, 0.2) is 58.9 Å². The summed E-state index contributed by atoms with van der Waals surface area (Å²) in [4.78, 5) is 54.8. The van der Waals surface area contributed by atoms with Crippen molar-refractivity contribution in [1.82, 2.24) is 20.1 Å². The summed E-state index contributed by atoms with van der Waals surface area (Å²) in [5.74, 6) is -10.4. The Morgan fingerprint density at radius 3 is 0.858 bits per heavy atom. The van der Waals surface area contributed by atoms with Gasteiger partial charge in [0, 0.05) is 37.3 Å². The molecule has 0 bridgehead atoms. The largest absolute Gasteiger partial charge is 0.451 e. The van der Waals surface area contributed by atoms with Crippen molar-refractivity contribution < 1.29 is 130 Å². The lowest BCUT2D eigenvalue weighted by Crippen LogP contribution is -2.50. The maximum absolute atomic E-state index is 14.8. The van der Waals surface area contributed by atoms with Gasteiger partial charge in [-0.15, -0.1) is 0 Å². The molecule has 0 spiro atoms. The number of carbonyl (C=O) groups excluding carboxylic acids is 4. The number of aliphatic hydroxyl groups excluding tert-OH is 2. The first-order valence-electron chi connectivity index (χ1n) is 32.8. The van der Waals surface area contributed by atoms with Crippen LogP contribution in [0.4, 0.5) is 17.6 Å². The molecular weight excluding hydrogens is 1460 g/mol. The van der Waals surface area contributed by atoms with Crippen LogP contribution < -0.4 is 52.5 Å². The summed E-state index contributed by atoms with van der Waals surface area (Å²) >= 11 is 0. The van der Waals surface area contributed by atoms with Crippen molar-refractivity contribution in [3.8, 4) is 23.0 Å². The van der Waals surface area contributed by atoms with E-state index in [4.69, 9.17) is 89.3 Å². The number of rotatable bonds is 57. The van der Waals surface area contributed by atoms with Crippen molar-refractivity contribution in [3.05, 3.63) is 118 Å². The highest BCUT2D eigenvalue weighted by molar-refractivity contribution is 7.89. The highest BCUT2D eigenvalue weighted by atomic mass is 32.2. The van der Waals surface area contributed by atoms with E-state index in [1.165, 1.54) is 74.5 Å². The topological polar surface area (TPSA) is 483 Å². The molecule has 0 aromatic heterocycles. The Kier molecular flexibility index (Phi) is 43.5. The number of carbonyl (C=O) groups is 4. The van der Waals surface area contributed by atoms with Gasteiger partial charge in [-0.25, -0.2) is 43.8 Å². The average Bonchev–Trinajstić information content (AvgIpc) is 0.822. The third-order valence-electron chi connectivity index (χ3n) is 13.4. The number of benzene rings is 4. The van der Waals surface area contributed by atoms with Gasteiger partial charge in [0.05, 0.1) is 168 Å². The first kappa shape index (κ1) is 90.2. The highest BCUT2D eigenvalue weighted by Gasteiger charge is 2.30. The van der Waals surface area contributed by atoms with Crippen molar-refractivity contribution in [2.24, 2.45) is 32.9 Å². The van der Waals surface area contributed by atoms with Crippen LogP contribution in [0, 0.1) is 23.3 Å². The van der Waals surface area contributed by atoms with E-state index in [2.05, 4.69) is 30.1 Å². The monoisotopic (exact) mass is 1550 g/mol. The molecular formula is C66H92F4N10O24S2. The van der Waals surface area contributed by atoms with Crippen molar-refractivity contribution in [2.45, 2.75) is 35.8 Å². The van der Waals surface area contributed by atoms with E-state index in [0.29, 0.717) is 52.9 Å². The molecule has 40 heteroatoms. The number of hydrogen-bond donors (Lipinski definition) is 10. The van der Waals surface area contributed by atoms with Gasteiger partial charge in [0.1, 0.15) is 11.5 Å². The lowest BCUT2D eigenvalue weighted by atomic mass is 10.1. The quantitative estimate of drug-likeness (QED) is 0.00953. The molecule has 0 unspecified atom stereocenters. The number of aliphatic hydroxyl groups is 2. The average molecular weight is 1550 g/mol. The van der Waals surface area contributed by atoms with Crippen LogP contribution in [0.5, 0.6) is 23.0 Å². The van der Waals surface area contributed by atoms with Crippen LogP contribution in [0.15, 0.2) is 104 Å². The molecule has 106 heavy (non-hydrogen) atoms. The molecule has 0 heterocycles. The zero-order chi connectivity index (χ0) is 77.5. The summed E-state index contributed by atoms with van der Waals surface area (Å²) in [6.45, 7) is 8.06. The molecule has 4 rings (SSSR count). The number of nitrogens with zero attached hydrogens (tertiary/aromatic N) is 2. The van der Waals surface area contributed by atoms with E-state index in [1.54, 1.807) is 0 Å². The number of ether oxygens (including phenoxy) is 14. The van der Waals surface area contributed by atoms with Crippen molar-refractivity contribution in [3.63, 3.8) is 0 Å². The second-order valence-electron chi connectivity index (χ2n) is 21.7. The molecule has 2 atom stereocenters. The Balaban J connectivity index is 0.845. The zero-order valence-corrected chi connectivity index (χ0v) is 60.1. The minimum absolute atomic E-state index is 0.00606. The molecule has 0 aliphatic rings. The molecule has 4 aromatic carbocycles. The van der Waals surface area contributed by atoms with E-state index in [-0.39, 0.29) is 175 Å². The maximum Gasteiger partial charge on any atom is 0.275 e. The van der Waals surface area contributed by atoms with Crippen LogP contribution in [-0.4, -0.2) is 260 Å². The Hall–Kier alpha value is -8.24. The van der Waals surface area contributed by atoms with Gasteiger partial charge in [-0.3, -0.25) is 19.2 Å². The minimum atomic E-state index is -3.96. The van der Waals surface area contributed by atoms with Gasteiger partial charge < -0.3 is 110 Å².